The molecule has 2 N–H and O–H groups in total. The summed E-state index contributed by atoms with van der Waals surface area (Å²) in [7, 11) is 0. The van der Waals surface area contributed by atoms with Crippen LogP contribution < -0.4 is 10.6 Å². The molecule has 1 heterocycles. The SMILES string of the molecule is O=C(CC1CCCCN1)Nc1cccc2c1CCCC2. The van der Waals surface area contributed by atoms with Gasteiger partial charge in [-0.05, 0) is 62.3 Å². The van der Waals surface area contributed by atoms with Gasteiger partial charge in [0.25, 0.3) is 0 Å². The highest BCUT2D eigenvalue weighted by atomic mass is 16.1. The van der Waals surface area contributed by atoms with Crippen molar-refractivity contribution < 1.29 is 4.79 Å². The Balaban J connectivity index is 1.63. The second kappa shape index (κ2) is 6.40. The average Bonchev–Trinajstić information content (AvgIpc) is 2.48. The maximum absolute atomic E-state index is 12.2. The van der Waals surface area contributed by atoms with E-state index < -0.39 is 0 Å². The minimum atomic E-state index is 0.156. The molecule has 1 unspecified atom stereocenters. The summed E-state index contributed by atoms with van der Waals surface area (Å²) in [6, 6.07) is 6.69. The Bertz CT molecular complexity index is 478. The molecule has 0 bridgehead atoms. The molecule has 0 saturated carbocycles. The predicted molar refractivity (Wildman–Crippen MR) is 82.0 cm³/mol. The normalized spacial score (nSPS) is 22.1. The lowest BCUT2D eigenvalue weighted by molar-refractivity contribution is -0.116. The highest BCUT2D eigenvalue weighted by molar-refractivity contribution is 5.92. The summed E-state index contributed by atoms with van der Waals surface area (Å²) in [4.78, 5) is 12.2. The monoisotopic (exact) mass is 272 g/mol. The van der Waals surface area contributed by atoms with Crippen LogP contribution in [-0.2, 0) is 17.6 Å². The van der Waals surface area contributed by atoms with Gasteiger partial charge in [0.05, 0.1) is 0 Å². The number of hydrogen-bond donors (Lipinski definition) is 2. The fourth-order valence-electron chi connectivity index (χ4n) is 3.42. The summed E-state index contributed by atoms with van der Waals surface area (Å²) in [6.45, 7) is 1.05. The molecule has 3 heteroatoms. The van der Waals surface area contributed by atoms with Crippen LogP contribution >= 0.6 is 0 Å². The van der Waals surface area contributed by atoms with Crippen molar-refractivity contribution in [1.29, 1.82) is 0 Å². The van der Waals surface area contributed by atoms with Gasteiger partial charge >= 0.3 is 0 Å². The first kappa shape index (κ1) is 13.6. The molecule has 1 atom stereocenters. The molecule has 1 saturated heterocycles. The maximum Gasteiger partial charge on any atom is 0.225 e. The average molecular weight is 272 g/mol. The van der Waals surface area contributed by atoms with Crippen molar-refractivity contribution in [3.63, 3.8) is 0 Å². The van der Waals surface area contributed by atoms with Crippen LogP contribution in [-0.4, -0.2) is 18.5 Å². The molecule has 20 heavy (non-hydrogen) atoms. The highest BCUT2D eigenvalue weighted by Gasteiger charge is 2.18. The van der Waals surface area contributed by atoms with Crippen LogP contribution in [0.15, 0.2) is 18.2 Å². The minimum Gasteiger partial charge on any atom is -0.326 e. The van der Waals surface area contributed by atoms with Crippen LogP contribution in [0.3, 0.4) is 0 Å². The quantitative estimate of drug-likeness (QED) is 0.888. The Morgan fingerprint density at radius 2 is 2.10 bits per heavy atom. The Labute approximate surface area is 121 Å². The van der Waals surface area contributed by atoms with E-state index in [1.54, 1.807) is 0 Å². The largest absolute Gasteiger partial charge is 0.326 e. The van der Waals surface area contributed by atoms with Crippen molar-refractivity contribution in [2.75, 3.05) is 11.9 Å². The first-order valence-corrected chi connectivity index (χ1v) is 7.97. The fourth-order valence-corrected chi connectivity index (χ4v) is 3.42. The lowest BCUT2D eigenvalue weighted by Gasteiger charge is -2.24. The topological polar surface area (TPSA) is 41.1 Å². The summed E-state index contributed by atoms with van der Waals surface area (Å²) in [5.74, 6) is 0.156. The first-order valence-electron chi connectivity index (χ1n) is 7.97. The van der Waals surface area contributed by atoms with Crippen LogP contribution in [0.4, 0.5) is 5.69 Å². The first-order chi connectivity index (χ1) is 9.83. The van der Waals surface area contributed by atoms with Crippen LogP contribution in [0.5, 0.6) is 0 Å². The maximum atomic E-state index is 12.2. The van der Waals surface area contributed by atoms with Gasteiger partial charge in [0.1, 0.15) is 0 Å². The van der Waals surface area contributed by atoms with Crippen LogP contribution in [0.25, 0.3) is 0 Å². The number of benzene rings is 1. The van der Waals surface area contributed by atoms with Crippen molar-refractivity contribution >= 4 is 11.6 Å². The minimum absolute atomic E-state index is 0.156. The molecule has 0 spiro atoms. The van der Waals surface area contributed by atoms with E-state index in [1.165, 1.54) is 36.8 Å². The Morgan fingerprint density at radius 3 is 2.95 bits per heavy atom. The van der Waals surface area contributed by atoms with E-state index in [9.17, 15) is 4.79 Å². The number of hydrogen-bond acceptors (Lipinski definition) is 2. The second-order valence-electron chi connectivity index (χ2n) is 6.05. The summed E-state index contributed by atoms with van der Waals surface area (Å²) < 4.78 is 0. The standard InChI is InChI=1S/C17H24N2O/c20-17(12-14-8-3-4-11-18-14)19-16-10-5-7-13-6-1-2-9-15(13)16/h5,7,10,14,18H,1-4,6,8-9,11-12H2,(H,19,20). The van der Waals surface area contributed by atoms with Gasteiger partial charge in [0.15, 0.2) is 0 Å². The van der Waals surface area contributed by atoms with Gasteiger partial charge in [-0.2, -0.15) is 0 Å². The van der Waals surface area contributed by atoms with E-state index in [0.29, 0.717) is 12.5 Å². The Hall–Kier alpha value is -1.35. The number of carbonyl (C=O) groups is 1. The molecule has 3 nitrogen and oxygen atoms in total. The number of anilines is 1. The summed E-state index contributed by atoms with van der Waals surface area (Å²) in [5, 5.41) is 6.58. The number of fused-ring (bicyclic) bond motifs is 1. The fraction of sp³-hybridized carbons (Fsp3) is 0.588. The van der Waals surface area contributed by atoms with Gasteiger partial charge in [-0.3, -0.25) is 4.79 Å². The van der Waals surface area contributed by atoms with Crippen molar-refractivity contribution in [3.8, 4) is 0 Å². The van der Waals surface area contributed by atoms with Gasteiger partial charge in [0.2, 0.25) is 5.91 Å². The molecule has 1 fully saturated rings. The predicted octanol–water partition coefficient (Wildman–Crippen LogP) is 3.04. The lowest BCUT2D eigenvalue weighted by atomic mass is 9.90. The Morgan fingerprint density at radius 1 is 1.20 bits per heavy atom. The molecule has 0 aromatic heterocycles. The van der Waals surface area contributed by atoms with Gasteiger partial charge in [-0.15, -0.1) is 0 Å². The molecule has 1 aliphatic carbocycles. The van der Waals surface area contributed by atoms with Crippen LogP contribution in [0.2, 0.25) is 0 Å². The van der Waals surface area contributed by atoms with Crippen LogP contribution in [0.1, 0.15) is 49.7 Å². The molecule has 0 radical (unpaired) electrons. The van der Waals surface area contributed by atoms with Crippen molar-refractivity contribution in [1.82, 2.24) is 5.32 Å². The number of amides is 1. The van der Waals surface area contributed by atoms with Gasteiger partial charge in [-0.25, -0.2) is 0 Å². The van der Waals surface area contributed by atoms with E-state index in [0.717, 1.165) is 31.5 Å². The molecule has 2 aliphatic rings. The van der Waals surface area contributed by atoms with Gasteiger partial charge in [0, 0.05) is 18.2 Å². The zero-order chi connectivity index (χ0) is 13.8. The zero-order valence-corrected chi connectivity index (χ0v) is 12.1. The third kappa shape index (κ3) is 3.21. The molecule has 108 valence electrons. The van der Waals surface area contributed by atoms with Crippen LogP contribution in [0, 0.1) is 0 Å². The van der Waals surface area contributed by atoms with Crippen molar-refractivity contribution in [2.45, 2.75) is 57.4 Å². The van der Waals surface area contributed by atoms with E-state index in [-0.39, 0.29) is 5.91 Å². The lowest BCUT2D eigenvalue weighted by Crippen LogP contribution is -2.37. The summed E-state index contributed by atoms with van der Waals surface area (Å²) in [6.07, 6.45) is 8.98. The van der Waals surface area contributed by atoms with E-state index >= 15 is 0 Å². The van der Waals surface area contributed by atoms with Gasteiger partial charge in [-0.1, -0.05) is 18.6 Å². The summed E-state index contributed by atoms with van der Waals surface area (Å²) >= 11 is 0. The second-order valence-corrected chi connectivity index (χ2v) is 6.05. The van der Waals surface area contributed by atoms with Crippen molar-refractivity contribution in [3.05, 3.63) is 29.3 Å². The third-order valence-corrected chi connectivity index (χ3v) is 4.51. The number of piperidine rings is 1. The number of aryl methyl sites for hydroxylation is 1. The zero-order valence-electron chi connectivity index (χ0n) is 12.1. The van der Waals surface area contributed by atoms with Gasteiger partial charge < -0.3 is 10.6 Å². The highest BCUT2D eigenvalue weighted by Crippen LogP contribution is 2.28. The smallest absolute Gasteiger partial charge is 0.225 e. The van der Waals surface area contributed by atoms with E-state index in [1.807, 2.05) is 0 Å². The molecule has 1 aromatic carbocycles. The number of carbonyl (C=O) groups excluding carboxylic acids is 1. The van der Waals surface area contributed by atoms with E-state index in [2.05, 4.69) is 28.8 Å². The number of nitrogens with one attached hydrogen (secondary N) is 2. The molecule has 1 aromatic rings. The molecular formula is C17H24N2O. The number of rotatable bonds is 3. The molecule has 1 aliphatic heterocycles. The summed E-state index contributed by atoms with van der Waals surface area (Å²) in [5.41, 5.74) is 3.83. The molecular weight excluding hydrogens is 248 g/mol. The van der Waals surface area contributed by atoms with Crippen molar-refractivity contribution in [2.24, 2.45) is 0 Å². The third-order valence-electron chi connectivity index (χ3n) is 4.51. The van der Waals surface area contributed by atoms with E-state index in [4.69, 9.17) is 0 Å². The molecule has 3 rings (SSSR count). The Kier molecular flexibility index (Phi) is 4.36. The molecule has 1 amide bonds.